The third-order valence-corrected chi connectivity index (χ3v) is 4.52. The molecule has 1 saturated carbocycles. The Hall–Kier alpha value is -0.530. The minimum Gasteiger partial charge on any atom is -0.312 e. The van der Waals surface area contributed by atoms with Crippen molar-refractivity contribution in [2.24, 2.45) is 11.8 Å². The van der Waals surface area contributed by atoms with E-state index in [0.29, 0.717) is 0 Å². The molecule has 1 nitrogen and oxygen atoms in total. The minimum absolute atomic E-state index is 0.220. The second kappa shape index (κ2) is 6.28. The number of hydrogen-bond acceptors (Lipinski definition) is 1. The molecule has 106 valence electrons. The highest BCUT2D eigenvalue weighted by Gasteiger charge is 2.28. The van der Waals surface area contributed by atoms with Gasteiger partial charge in [0.25, 0.3) is 0 Å². The summed E-state index contributed by atoms with van der Waals surface area (Å²) in [7, 11) is 0. The van der Waals surface area contributed by atoms with E-state index in [-0.39, 0.29) is 5.54 Å². The van der Waals surface area contributed by atoms with Gasteiger partial charge in [-0.15, -0.1) is 0 Å². The molecule has 1 aromatic carbocycles. The van der Waals surface area contributed by atoms with E-state index < -0.39 is 0 Å². The van der Waals surface area contributed by atoms with Gasteiger partial charge in [0.1, 0.15) is 0 Å². The highest BCUT2D eigenvalue weighted by molar-refractivity contribution is 6.31. The Labute approximate surface area is 122 Å². The maximum absolute atomic E-state index is 6.28. The van der Waals surface area contributed by atoms with Gasteiger partial charge in [-0.05, 0) is 70.0 Å². The SMILES string of the molecule is CC(C)(C)NCC1CCCC1Cc1ccccc1Cl. The lowest BCUT2D eigenvalue weighted by Gasteiger charge is -2.26. The van der Waals surface area contributed by atoms with Crippen LogP contribution in [0.3, 0.4) is 0 Å². The zero-order valence-corrected chi connectivity index (χ0v) is 13.1. The van der Waals surface area contributed by atoms with Crippen LogP contribution in [-0.2, 0) is 6.42 Å². The van der Waals surface area contributed by atoms with Crippen LogP contribution < -0.4 is 5.32 Å². The Morgan fingerprint density at radius 1 is 1.16 bits per heavy atom. The van der Waals surface area contributed by atoms with Crippen molar-refractivity contribution in [2.45, 2.75) is 52.0 Å². The van der Waals surface area contributed by atoms with Gasteiger partial charge in [-0.2, -0.15) is 0 Å². The molecule has 0 radical (unpaired) electrons. The molecular weight excluding hydrogens is 254 g/mol. The molecule has 1 aromatic rings. The maximum atomic E-state index is 6.28. The van der Waals surface area contributed by atoms with Crippen molar-refractivity contribution in [3.8, 4) is 0 Å². The lowest BCUT2D eigenvalue weighted by atomic mass is 9.89. The second-order valence-electron chi connectivity index (χ2n) is 6.88. The molecule has 0 aromatic heterocycles. The van der Waals surface area contributed by atoms with Crippen LogP contribution in [0.1, 0.15) is 45.6 Å². The summed E-state index contributed by atoms with van der Waals surface area (Å²) in [6.07, 6.45) is 5.21. The summed E-state index contributed by atoms with van der Waals surface area (Å²) in [6, 6.07) is 8.29. The van der Waals surface area contributed by atoms with Gasteiger partial charge in [0, 0.05) is 10.6 Å². The summed E-state index contributed by atoms with van der Waals surface area (Å²) in [5.41, 5.74) is 1.54. The van der Waals surface area contributed by atoms with E-state index in [9.17, 15) is 0 Å². The van der Waals surface area contributed by atoms with Gasteiger partial charge >= 0.3 is 0 Å². The van der Waals surface area contributed by atoms with Crippen molar-refractivity contribution in [1.82, 2.24) is 5.32 Å². The van der Waals surface area contributed by atoms with Gasteiger partial charge in [-0.3, -0.25) is 0 Å². The summed E-state index contributed by atoms with van der Waals surface area (Å²) in [4.78, 5) is 0. The van der Waals surface area contributed by atoms with Crippen LogP contribution in [0.25, 0.3) is 0 Å². The zero-order valence-electron chi connectivity index (χ0n) is 12.4. The summed E-state index contributed by atoms with van der Waals surface area (Å²) in [5, 5.41) is 4.59. The lowest BCUT2D eigenvalue weighted by molar-refractivity contribution is 0.317. The van der Waals surface area contributed by atoms with Gasteiger partial charge in [-0.25, -0.2) is 0 Å². The molecule has 0 heterocycles. The van der Waals surface area contributed by atoms with Gasteiger partial charge in [0.15, 0.2) is 0 Å². The van der Waals surface area contributed by atoms with Crippen LogP contribution in [-0.4, -0.2) is 12.1 Å². The summed E-state index contributed by atoms with van der Waals surface area (Å²) in [5.74, 6) is 1.59. The Balaban J connectivity index is 1.94. The van der Waals surface area contributed by atoms with E-state index in [0.717, 1.165) is 29.8 Å². The van der Waals surface area contributed by atoms with E-state index in [1.54, 1.807) is 0 Å². The number of rotatable bonds is 4. The highest BCUT2D eigenvalue weighted by Crippen LogP contribution is 2.35. The predicted molar refractivity (Wildman–Crippen MR) is 83.7 cm³/mol. The summed E-state index contributed by atoms with van der Waals surface area (Å²) in [6.45, 7) is 7.86. The molecule has 2 atom stereocenters. The van der Waals surface area contributed by atoms with Crippen LogP contribution in [0.5, 0.6) is 0 Å². The topological polar surface area (TPSA) is 12.0 Å². The van der Waals surface area contributed by atoms with Crippen LogP contribution in [0.15, 0.2) is 24.3 Å². The summed E-state index contributed by atoms with van der Waals surface area (Å²) >= 11 is 6.28. The molecule has 0 spiro atoms. The first-order valence-corrected chi connectivity index (χ1v) is 7.82. The standard InChI is InChI=1S/C17H26ClN/c1-17(2,3)19-12-15-9-6-8-13(15)11-14-7-4-5-10-16(14)18/h4-5,7,10,13,15,19H,6,8-9,11-12H2,1-3H3. The van der Waals surface area contributed by atoms with Crippen molar-refractivity contribution in [1.29, 1.82) is 0 Å². The van der Waals surface area contributed by atoms with Gasteiger partial charge < -0.3 is 5.32 Å². The predicted octanol–water partition coefficient (Wildman–Crippen LogP) is 4.69. The van der Waals surface area contributed by atoms with Crippen molar-refractivity contribution < 1.29 is 0 Å². The molecule has 0 bridgehead atoms. The fourth-order valence-corrected chi connectivity index (χ4v) is 3.25. The van der Waals surface area contributed by atoms with E-state index in [2.05, 4.69) is 38.2 Å². The maximum Gasteiger partial charge on any atom is 0.0438 e. The Bertz CT molecular complexity index is 408. The normalized spacial score (nSPS) is 23.8. The monoisotopic (exact) mass is 279 g/mol. The Kier molecular flexibility index (Phi) is 4.92. The van der Waals surface area contributed by atoms with Gasteiger partial charge in [-0.1, -0.05) is 36.2 Å². The molecule has 0 amide bonds. The van der Waals surface area contributed by atoms with Crippen molar-refractivity contribution in [2.75, 3.05) is 6.54 Å². The number of benzene rings is 1. The van der Waals surface area contributed by atoms with E-state index in [4.69, 9.17) is 11.6 Å². The van der Waals surface area contributed by atoms with Crippen molar-refractivity contribution in [3.63, 3.8) is 0 Å². The molecule has 1 fully saturated rings. The Morgan fingerprint density at radius 2 is 1.84 bits per heavy atom. The molecule has 1 aliphatic rings. The van der Waals surface area contributed by atoms with Crippen LogP contribution in [0.4, 0.5) is 0 Å². The quantitative estimate of drug-likeness (QED) is 0.843. The highest BCUT2D eigenvalue weighted by atomic mass is 35.5. The summed E-state index contributed by atoms with van der Waals surface area (Å²) < 4.78 is 0. The first-order chi connectivity index (χ1) is 8.96. The fourth-order valence-electron chi connectivity index (χ4n) is 3.03. The van der Waals surface area contributed by atoms with E-state index in [1.807, 2.05) is 12.1 Å². The Morgan fingerprint density at radius 3 is 2.53 bits per heavy atom. The smallest absolute Gasteiger partial charge is 0.0438 e. The largest absolute Gasteiger partial charge is 0.312 e. The van der Waals surface area contributed by atoms with Gasteiger partial charge in [0.05, 0.1) is 0 Å². The average Bonchev–Trinajstić information content (AvgIpc) is 2.76. The molecule has 2 unspecified atom stereocenters. The lowest BCUT2D eigenvalue weighted by Crippen LogP contribution is -2.40. The zero-order chi connectivity index (χ0) is 13.9. The van der Waals surface area contributed by atoms with Crippen LogP contribution in [0.2, 0.25) is 5.02 Å². The van der Waals surface area contributed by atoms with Crippen LogP contribution >= 0.6 is 11.6 Å². The van der Waals surface area contributed by atoms with E-state index >= 15 is 0 Å². The third kappa shape index (κ3) is 4.50. The molecule has 2 heteroatoms. The minimum atomic E-state index is 0.220. The molecule has 0 saturated heterocycles. The molecule has 1 N–H and O–H groups in total. The molecular formula is C17H26ClN. The van der Waals surface area contributed by atoms with Crippen LogP contribution in [0, 0.1) is 11.8 Å². The first-order valence-electron chi connectivity index (χ1n) is 7.44. The fraction of sp³-hybridized carbons (Fsp3) is 0.647. The molecule has 1 aliphatic carbocycles. The average molecular weight is 280 g/mol. The molecule has 2 rings (SSSR count). The molecule has 19 heavy (non-hydrogen) atoms. The van der Waals surface area contributed by atoms with Gasteiger partial charge in [0.2, 0.25) is 0 Å². The first kappa shape index (κ1) is 14.9. The van der Waals surface area contributed by atoms with Crippen molar-refractivity contribution >= 4 is 11.6 Å². The molecule has 0 aliphatic heterocycles. The van der Waals surface area contributed by atoms with E-state index in [1.165, 1.54) is 24.8 Å². The third-order valence-electron chi connectivity index (χ3n) is 4.15. The second-order valence-corrected chi connectivity index (χ2v) is 7.28. The number of halogens is 1. The van der Waals surface area contributed by atoms with Crippen molar-refractivity contribution in [3.05, 3.63) is 34.9 Å². The number of hydrogen-bond donors (Lipinski definition) is 1. The number of nitrogens with one attached hydrogen (secondary N) is 1.